The average Bonchev–Trinajstić information content (AvgIpc) is 2.82. The van der Waals surface area contributed by atoms with E-state index >= 15 is 0 Å². The summed E-state index contributed by atoms with van der Waals surface area (Å²) in [5.41, 5.74) is 6.20. The first-order chi connectivity index (χ1) is 8.45. The molecule has 0 saturated carbocycles. The van der Waals surface area contributed by atoms with Crippen LogP contribution in [0.4, 0.5) is 4.39 Å². The molecule has 0 saturated heterocycles. The van der Waals surface area contributed by atoms with Gasteiger partial charge >= 0.3 is 0 Å². The molecule has 0 aliphatic rings. The van der Waals surface area contributed by atoms with Crippen LogP contribution in [0.5, 0.6) is 0 Å². The van der Waals surface area contributed by atoms with E-state index in [1.54, 1.807) is 25.1 Å². The molecule has 96 valence electrons. The summed E-state index contributed by atoms with van der Waals surface area (Å²) >= 11 is 0. The first-order valence-electron chi connectivity index (χ1n) is 5.84. The molecule has 18 heavy (non-hydrogen) atoms. The van der Waals surface area contributed by atoms with Gasteiger partial charge in [-0.3, -0.25) is 0 Å². The molecule has 0 bridgehead atoms. The molecule has 4 nitrogen and oxygen atoms in total. The maximum Gasteiger partial charge on any atom is 0.260 e. The van der Waals surface area contributed by atoms with Crippen LogP contribution < -0.4 is 5.73 Å². The van der Waals surface area contributed by atoms with Gasteiger partial charge < -0.3 is 10.3 Å². The number of aromatic nitrogens is 2. The smallest absolute Gasteiger partial charge is 0.260 e. The summed E-state index contributed by atoms with van der Waals surface area (Å²) in [6, 6.07) is 5.05. The molecule has 1 aromatic carbocycles. The van der Waals surface area contributed by atoms with Crippen LogP contribution >= 0.6 is 0 Å². The zero-order valence-corrected chi connectivity index (χ0v) is 10.7. The molecule has 2 N–H and O–H groups in total. The van der Waals surface area contributed by atoms with Gasteiger partial charge in [-0.1, -0.05) is 24.2 Å². The van der Waals surface area contributed by atoms with Crippen LogP contribution in [-0.2, 0) is 5.54 Å². The fraction of sp³-hybridized carbons (Fsp3) is 0.385. The third-order valence-corrected chi connectivity index (χ3v) is 3.09. The van der Waals surface area contributed by atoms with E-state index in [-0.39, 0.29) is 11.7 Å². The van der Waals surface area contributed by atoms with Crippen LogP contribution in [0.25, 0.3) is 11.5 Å². The number of aryl methyl sites for hydroxylation is 1. The Morgan fingerprint density at radius 1 is 1.44 bits per heavy atom. The first-order valence-corrected chi connectivity index (χ1v) is 5.84. The van der Waals surface area contributed by atoms with E-state index < -0.39 is 5.54 Å². The van der Waals surface area contributed by atoms with Gasteiger partial charge in [0, 0.05) is 0 Å². The minimum atomic E-state index is -0.665. The Morgan fingerprint density at radius 2 is 2.17 bits per heavy atom. The molecule has 2 aromatic rings. The number of hydrogen-bond donors (Lipinski definition) is 1. The number of benzene rings is 1. The molecule has 0 spiro atoms. The van der Waals surface area contributed by atoms with Crippen molar-refractivity contribution in [2.24, 2.45) is 5.73 Å². The highest BCUT2D eigenvalue weighted by Crippen LogP contribution is 2.26. The zero-order valence-electron chi connectivity index (χ0n) is 10.7. The summed E-state index contributed by atoms with van der Waals surface area (Å²) in [7, 11) is 0. The lowest BCUT2D eigenvalue weighted by atomic mass is 10.00. The number of nitrogens with zero attached hydrogens (tertiary/aromatic N) is 2. The van der Waals surface area contributed by atoms with Crippen molar-refractivity contribution in [3.8, 4) is 11.5 Å². The van der Waals surface area contributed by atoms with Crippen LogP contribution in [0.1, 0.15) is 31.7 Å². The molecular formula is C13H16FN3O. The van der Waals surface area contributed by atoms with Crippen LogP contribution in [0.3, 0.4) is 0 Å². The van der Waals surface area contributed by atoms with Crippen molar-refractivity contribution in [2.75, 3.05) is 0 Å². The summed E-state index contributed by atoms with van der Waals surface area (Å²) in [5, 5.41) is 3.83. The molecule has 0 aliphatic carbocycles. The summed E-state index contributed by atoms with van der Waals surface area (Å²) in [5.74, 6) is 0.208. The van der Waals surface area contributed by atoms with Crippen molar-refractivity contribution < 1.29 is 8.91 Å². The standard InChI is InChI=1S/C13H16FN3O/c1-4-13(3,15)12-16-11(18-17-12)9-7-5-6-8(2)10(9)14/h5-7H,4,15H2,1-3H3. The predicted octanol–water partition coefficient (Wildman–Crippen LogP) is 2.77. The van der Waals surface area contributed by atoms with Gasteiger partial charge in [0.2, 0.25) is 0 Å². The van der Waals surface area contributed by atoms with Gasteiger partial charge in [-0.15, -0.1) is 0 Å². The summed E-state index contributed by atoms with van der Waals surface area (Å²) in [6.07, 6.45) is 0.669. The molecule has 0 aliphatic heterocycles. The third-order valence-electron chi connectivity index (χ3n) is 3.09. The molecule has 2 rings (SSSR count). The van der Waals surface area contributed by atoms with Crippen LogP contribution in [-0.4, -0.2) is 10.1 Å². The van der Waals surface area contributed by atoms with Crippen molar-refractivity contribution in [1.29, 1.82) is 0 Å². The van der Waals surface area contributed by atoms with Gasteiger partial charge in [0.15, 0.2) is 5.82 Å². The highest BCUT2D eigenvalue weighted by Gasteiger charge is 2.26. The molecule has 5 heteroatoms. The Morgan fingerprint density at radius 3 is 2.83 bits per heavy atom. The van der Waals surface area contributed by atoms with Gasteiger partial charge in [0.25, 0.3) is 5.89 Å². The predicted molar refractivity (Wildman–Crippen MR) is 66.3 cm³/mol. The second kappa shape index (κ2) is 4.49. The van der Waals surface area contributed by atoms with E-state index in [4.69, 9.17) is 10.3 Å². The van der Waals surface area contributed by atoms with Crippen LogP contribution in [0.15, 0.2) is 22.7 Å². The van der Waals surface area contributed by atoms with Crippen molar-refractivity contribution in [1.82, 2.24) is 10.1 Å². The molecular weight excluding hydrogens is 233 g/mol. The molecule has 1 atom stereocenters. The zero-order chi connectivity index (χ0) is 13.3. The minimum Gasteiger partial charge on any atom is -0.334 e. The Balaban J connectivity index is 2.45. The Hall–Kier alpha value is -1.75. The van der Waals surface area contributed by atoms with Gasteiger partial charge in [-0.05, 0) is 31.9 Å². The van der Waals surface area contributed by atoms with Gasteiger partial charge in [0.05, 0.1) is 11.1 Å². The number of halogens is 1. The lowest BCUT2D eigenvalue weighted by Gasteiger charge is -2.16. The summed E-state index contributed by atoms with van der Waals surface area (Å²) < 4.78 is 19.0. The summed E-state index contributed by atoms with van der Waals surface area (Å²) in [6.45, 7) is 5.44. The molecule has 0 fully saturated rings. The first kappa shape index (κ1) is 12.7. The van der Waals surface area contributed by atoms with Crippen molar-refractivity contribution in [3.63, 3.8) is 0 Å². The minimum absolute atomic E-state index is 0.163. The second-order valence-corrected chi connectivity index (χ2v) is 4.63. The SMILES string of the molecule is CCC(C)(N)c1noc(-c2cccc(C)c2F)n1. The molecule has 1 aromatic heterocycles. The van der Waals surface area contributed by atoms with E-state index in [1.807, 2.05) is 13.8 Å². The van der Waals surface area contributed by atoms with E-state index in [0.717, 1.165) is 0 Å². The van der Waals surface area contributed by atoms with Crippen LogP contribution in [0.2, 0.25) is 0 Å². The van der Waals surface area contributed by atoms with Gasteiger partial charge in [-0.25, -0.2) is 4.39 Å². The van der Waals surface area contributed by atoms with Crippen LogP contribution in [0, 0.1) is 12.7 Å². The molecule has 0 radical (unpaired) electrons. The Bertz CT molecular complexity index is 563. The topological polar surface area (TPSA) is 64.9 Å². The van der Waals surface area contributed by atoms with E-state index in [9.17, 15) is 4.39 Å². The monoisotopic (exact) mass is 249 g/mol. The highest BCUT2D eigenvalue weighted by atomic mass is 19.1. The Labute approximate surface area is 105 Å². The van der Waals surface area contributed by atoms with Crippen molar-refractivity contribution in [3.05, 3.63) is 35.4 Å². The quantitative estimate of drug-likeness (QED) is 0.908. The Kier molecular flexibility index (Phi) is 3.17. The molecule has 0 amide bonds. The fourth-order valence-corrected chi connectivity index (χ4v) is 1.54. The number of rotatable bonds is 3. The van der Waals surface area contributed by atoms with E-state index in [0.29, 0.717) is 23.4 Å². The molecule has 1 heterocycles. The average molecular weight is 249 g/mol. The highest BCUT2D eigenvalue weighted by molar-refractivity contribution is 5.55. The van der Waals surface area contributed by atoms with E-state index in [2.05, 4.69) is 10.1 Å². The van der Waals surface area contributed by atoms with Gasteiger partial charge in [0.1, 0.15) is 5.82 Å². The van der Waals surface area contributed by atoms with Crippen molar-refractivity contribution >= 4 is 0 Å². The fourth-order valence-electron chi connectivity index (χ4n) is 1.54. The lowest BCUT2D eigenvalue weighted by molar-refractivity contribution is 0.378. The maximum absolute atomic E-state index is 13.9. The number of nitrogens with two attached hydrogens (primary N) is 1. The maximum atomic E-state index is 13.9. The van der Waals surface area contributed by atoms with Gasteiger partial charge in [-0.2, -0.15) is 4.98 Å². The normalized spacial score (nSPS) is 14.5. The molecule has 1 unspecified atom stereocenters. The van der Waals surface area contributed by atoms with E-state index in [1.165, 1.54) is 0 Å². The largest absolute Gasteiger partial charge is 0.334 e. The summed E-state index contributed by atoms with van der Waals surface area (Å²) in [4.78, 5) is 4.18. The lowest BCUT2D eigenvalue weighted by Crippen LogP contribution is -2.33. The third kappa shape index (κ3) is 2.13. The number of hydrogen-bond acceptors (Lipinski definition) is 4. The second-order valence-electron chi connectivity index (χ2n) is 4.63. The van der Waals surface area contributed by atoms with Crippen molar-refractivity contribution in [2.45, 2.75) is 32.7 Å².